The lowest BCUT2D eigenvalue weighted by Crippen LogP contribution is -2.48. The summed E-state index contributed by atoms with van der Waals surface area (Å²) in [6, 6.07) is 14.6. The second-order valence-corrected chi connectivity index (χ2v) is 8.01. The maximum absolute atomic E-state index is 13.2. The van der Waals surface area contributed by atoms with Gasteiger partial charge in [0.15, 0.2) is 0 Å². The van der Waals surface area contributed by atoms with Gasteiger partial charge in [-0.05, 0) is 48.6 Å². The number of carbonyl (C=O) groups is 2. The lowest BCUT2D eigenvalue weighted by molar-refractivity contribution is -0.140. The Balaban J connectivity index is 2.22. The van der Waals surface area contributed by atoms with E-state index in [-0.39, 0.29) is 18.2 Å². The van der Waals surface area contributed by atoms with Crippen LogP contribution < -0.4 is 5.32 Å². The fourth-order valence-electron chi connectivity index (χ4n) is 2.94. The van der Waals surface area contributed by atoms with Crippen LogP contribution in [0.4, 0.5) is 0 Å². The van der Waals surface area contributed by atoms with E-state index in [1.807, 2.05) is 63.2 Å². The van der Waals surface area contributed by atoms with Crippen LogP contribution in [0.25, 0.3) is 0 Å². The third-order valence-corrected chi connectivity index (χ3v) is 4.93. The van der Waals surface area contributed by atoms with Crippen molar-refractivity contribution in [2.45, 2.75) is 46.7 Å². The topological polar surface area (TPSA) is 49.4 Å². The Bertz CT molecular complexity index is 820. The Morgan fingerprint density at radius 2 is 1.79 bits per heavy atom. The minimum absolute atomic E-state index is 0.0820. The summed E-state index contributed by atoms with van der Waals surface area (Å²) < 4.78 is 0. The molecule has 150 valence electrons. The number of hydrogen-bond donors (Lipinski definition) is 1. The number of halogens is 1. The molecular formula is C23H29ClN2O2. The molecule has 2 amide bonds. The van der Waals surface area contributed by atoms with Crippen LogP contribution in [0, 0.1) is 12.8 Å². The van der Waals surface area contributed by atoms with Gasteiger partial charge in [-0.3, -0.25) is 9.59 Å². The van der Waals surface area contributed by atoms with E-state index in [4.69, 9.17) is 11.6 Å². The Kier molecular flexibility index (Phi) is 8.06. The molecule has 0 aliphatic rings. The van der Waals surface area contributed by atoms with Gasteiger partial charge in [0.25, 0.3) is 0 Å². The molecule has 0 heterocycles. The van der Waals surface area contributed by atoms with Crippen LogP contribution in [-0.4, -0.2) is 29.3 Å². The van der Waals surface area contributed by atoms with Crippen LogP contribution in [0.2, 0.25) is 5.02 Å². The molecule has 2 aromatic rings. The average molecular weight is 401 g/mol. The molecule has 0 aromatic heterocycles. The van der Waals surface area contributed by atoms with Crippen LogP contribution in [0.3, 0.4) is 0 Å². The monoisotopic (exact) mass is 400 g/mol. The van der Waals surface area contributed by atoms with Gasteiger partial charge in [-0.1, -0.05) is 61.8 Å². The van der Waals surface area contributed by atoms with E-state index < -0.39 is 6.04 Å². The standard InChI is InChI=1S/C23H29ClN2O2/c1-16(2)14-25-23(28)18(4)26(15-19-9-7-11-21(24)12-19)22(27)13-20-10-6-5-8-17(20)3/h5-12,16,18H,13-15H2,1-4H3,(H,25,28). The van der Waals surface area contributed by atoms with Crippen LogP contribution in [-0.2, 0) is 22.6 Å². The number of benzene rings is 2. The zero-order valence-corrected chi connectivity index (χ0v) is 17.8. The fourth-order valence-corrected chi connectivity index (χ4v) is 3.15. The minimum atomic E-state index is -0.575. The molecular weight excluding hydrogens is 372 g/mol. The molecule has 0 aliphatic carbocycles. The first-order valence-electron chi connectivity index (χ1n) is 9.64. The molecule has 0 fully saturated rings. The van der Waals surface area contributed by atoms with Crippen molar-refractivity contribution >= 4 is 23.4 Å². The number of carbonyl (C=O) groups excluding carboxylic acids is 2. The summed E-state index contributed by atoms with van der Waals surface area (Å²) in [7, 11) is 0. The maximum Gasteiger partial charge on any atom is 0.242 e. The van der Waals surface area contributed by atoms with Crippen molar-refractivity contribution in [2.75, 3.05) is 6.54 Å². The van der Waals surface area contributed by atoms with Crippen LogP contribution >= 0.6 is 11.6 Å². The molecule has 0 saturated carbocycles. The number of nitrogens with one attached hydrogen (secondary N) is 1. The molecule has 2 rings (SSSR count). The highest BCUT2D eigenvalue weighted by Crippen LogP contribution is 2.17. The largest absolute Gasteiger partial charge is 0.354 e. The van der Waals surface area contributed by atoms with Crippen LogP contribution in [0.5, 0.6) is 0 Å². The summed E-state index contributed by atoms with van der Waals surface area (Å²) >= 11 is 6.10. The SMILES string of the molecule is Cc1ccccc1CC(=O)N(Cc1cccc(Cl)c1)C(C)C(=O)NCC(C)C. The van der Waals surface area contributed by atoms with Gasteiger partial charge >= 0.3 is 0 Å². The Morgan fingerprint density at radius 1 is 1.07 bits per heavy atom. The number of rotatable bonds is 8. The first-order valence-corrected chi connectivity index (χ1v) is 10.0. The van der Waals surface area contributed by atoms with Crippen molar-refractivity contribution in [3.63, 3.8) is 0 Å². The van der Waals surface area contributed by atoms with E-state index in [9.17, 15) is 9.59 Å². The average Bonchev–Trinajstić information content (AvgIpc) is 2.65. The van der Waals surface area contributed by atoms with Gasteiger partial charge in [-0.15, -0.1) is 0 Å². The summed E-state index contributed by atoms with van der Waals surface area (Å²) in [6.45, 7) is 8.76. The quantitative estimate of drug-likeness (QED) is 0.714. The normalized spacial score (nSPS) is 11.9. The first-order chi connectivity index (χ1) is 13.3. The molecule has 0 saturated heterocycles. The molecule has 0 aliphatic heterocycles. The molecule has 2 aromatic carbocycles. The minimum Gasteiger partial charge on any atom is -0.354 e. The van der Waals surface area contributed by atoms with Crippen molar-refractivity contribution in [1.29, 1.82) is 0 Å². The van der Waals surface area contributed by atoms with Gasteiger partial charge in [-0.2, -0.15) is 0 Å². The molecule has 1 atom stereocenters. The predicted octanol–water partition coefficient (Wildman–Crippen LogP) is 4.38. The van der Waals surface area contributed by atoms with Gasteiger partial charge in [0.1, 0.15) is 6.04 Å². The summed E-state index contributed by atoms with van der Waals surface area (Å²) in [5.74, 6) is 0.121. The van der Waals surface area contributed by atoms with Gasteiger partial charge in [0, 0.05) is 18.1 Å². The van der Waals surface area contributed by atoms with Gasteiger partial charge in [0.2, 0.25) is 11.8 Å². The number of aryl methyl sites for hydroxylation is 1. The Morgan fingerprint density at radius 3 is 2.43 bits per heavy atom. The van der Waals surface area contributed by atoms with Crippen molar-refractivity contribution < 1.29 is 9.59 Å². The highest BCUT2D eigenvalue weighted by atomic mass is 35.5. The van der Waals surface area contributed by atoms with E-state index in [1.165, 1.54) is 0 Å². The second kappa shape index (κ2) is 10.3. The summed E-state index contributed by atoms with van der Waals surface area (Å²) in [6.07, 6.45) is 0.259. The van der Waals surface area contributed by atoms with Gasteiger partial charge < -0.3 is 10.2 Å². The molecule has 0 bridgehead atoms. The molecule has 28 heavy (non-hydrogen) atoms. The van der Waals surface area contributed by atoms with Crippen LogP contribution in [0.15, 0.2) is 48.5 Å². The molecule has 1 N–H and O–H groups in total. The van der Waals surface area contributed by atoms with Gasteiger partial charge in [-0.25, -0.2) is 0 Å². The highest BCUT2D eigenvalue weighted by molar-refractivity contribution is 6.30. The first kappa shape index (κ1) is 22.0. The molecule has 1 unspecified atom stereocenters. The molecule has 5 heteroatoms. The maximum atomic E-state index is 13.2. The zero-order chi connectivity index (χ0) is 20.7. The lowest BCUT2D eigenvalue weighted by Gasteiger charge is -2.29. The molecule has 0 spiro atoms. The van der Waals surface area contributed by atoms with E-state index in [0.29, 0.717) is 24.0 Å². The number of hydrogen-bond acceptors (Lipinski definition) is 2. The van der Waals surface area contributed by atoms with E-state index >= 15 is 0 Å². The summed E-state index contributed by atoms with van der Waals surface area (Å²) in [5, 5.41) is 3.54. The number of nitrogens with zero attached hydrogens (tertiary/aromatic N) is 1. The van der Waals surface area contributed by atoms with E-state index in [1.54, 1.807) is 17.9 Å². The summed E-state index contributed by atoms with van der Waals surface area (Å²) in [5.41, 5.74) is 2.93. The van der Waals surface area contributed by atoms with Gasteiger partial charge in [0.05, 0.1) is 6.42 Å². The highest BCUT2D eigenvalue weighted by Gasteiger charge is 2.26. The van der Waals surface area contributed by atoms with E-state index in [2.05, 4.69) is 5.32 Å². The molecule has 0 radical (unpaired) electrons. The third kappa shape index (κ3) is 6.38. The van der Waals surface area contributed by atoms with Crippen molar-refractivity contribution in [3.8, 4) is 0 Å². The zero-order valence-electron chi connectivity index (χ0n) is 17.0. The Hall–Kier alpha value is -2.33. The van der Waals surface area contributed by atoms with Crippen molar-refractivity contribution in [3.05, 3.63) is 70.2 Å². The molecule has 4 nitrogen and oxygen atoms in total. The fraction of sp³-hybridized carbons (Fsp3) is 0.391. The second-order valence-electron chi connectivity index (χ2n) is 7.57. The summed E-state index contributed by atoms with van der Waals surface area (Å²) in [4.78, 5) is 27.4. The van der Waals surface area contributed by atoms with Crippen LogP contribution in [0.1, 0.15) is 37.5 Å². The predicted molar refractivity (Wildman–Crippen MR) is 114 cm³/mol. The van der Waals surface area contributed by atoms with E-state index in [0.717, 1.165) is 16.7 Å². The number of amides is 2. The smallest absolute Gasteiger partial charge is 0.242 e. The third-order valence-electron chi connectivity index (χ3n) is 4.70. The van der Waals surface area contributed by atoms with Crippen molar-refractivity contribution in [1.82, 2.24) is 10.2 Å². The van der Waals surface area contributed by atoms with Crippen molar-refractivity contribution in [2.24, 2.45) is 5.92 Å². The lowest BCUT2D eigenvalue weighted by atomic mass is 10.0. The Labute approximate surface area is 172 Å².